The molecule has 1 amide bonds. The molecule has 0 radical (unpaired) electrons. The molecular formula is C25H27N3O3S2. The van der Waals surface area contributed by atoms with Gasteiger partial charge < -0.3 is 5.32 Å². The molecule has 3 aromatic rings. The summed E-state index contributed by atoms with van der Waals surface area (Å²) in [5.41, 5.74) is 3.32. The number of thioether (sulfide) groups is 1. The van der Waals surface area contributed by atoms with Crippen LogP contribution in [0.4, 0.5) is 0 Å². The van der Waals surface area contributed by atoms with Gasteiger partial charge in [-0.15, -0.1) is 0 Å². The summed E-state index contributed by atoms with van der Waals surface area (Å²) in [5.74, 6) is 0.104. The number of pyridine rings is 1. The third-order valence-electron chi connectivity index (χ3n) is 5.66. The Morgan fingerprint density at radius 2 is 1.67 bits per heavy atom. The van der Waals surface area contributed by atoms with Crippen LogP contribution in [0.3, 0.4) is 0 Å². The van der Waals surface area contributed by atoms with Gasteiger partial charge in [0.25, 0.3) is 0 Å². The van der Waals surface area contributed by atoms with E-state index in [4.69, 9.17) is 0 Å². The second-order valence-electron chi connectivity index (χ2n) is 8.01. The molecule has 0 spiro atoms. The van der Waals surface area contributed by atoms with Gasteiger partial charge in [0.2, 0.25) is 15.9 Å². The van der Waals surface area contributed by atoms with E-state index in [1.807, 2.05) is 37.3 Å². The van der Waals surface area contributed by atoms with Crippen molar-refractivity contribution in [2.24, 2.45) is 0 Å². The summed E-state index contributed by atoms with van der Waals surface area (Å²) in [6, 6.07) is 21.4. The van der Waals surface area contributed by atoms with Crippen LogP contribution in [0.25, 0.3) is 11.1 Å². The Kier molecular flexibility index (Phi) is 7.47. The molecule has 0 aliphatic carbocycles. The van der Waals surface area contributed by atoms with Crippen LogP contribution in [0.1, 0.15) is 31.4 Å². The van der Waals surface area contributed by atoms with E-state index in [2.05, 4.69) is 34.6 Å². The van der Waals surface area contributed by atoms with E-state index in [1.54, 1.807) is 12.1 Å². The minimum Gasteiger partial charge on any atom is -0.349 e. The predicted octanol–water partition coefficient (Wildman–Crippen LogP) is 4.50. The van der Waals surface area contributed by atoms with Gasteiger partial charge in [0.1, 0.15) is 4.90 Å². The Balaban J connectivity index is 1.29. The van der Waals surface area contributed by atoms with Gasteiger partial charge in [-0.1, -0.05) is 66.4 Å². The molecule has 2 heterocycles. The molecule has 0 saturated carbocycles. The van der Waals surface area contributed by atoms with Gasteiger partial charge in [-0.2, -0.15) is 4.31 Å². The molecule has 1 saturated heterocycles. The predicted molar refractivity (Wildman–Crippen MR) is 131 cm³/mol. The molecule has 1 fully saturated rings. The lowest BCUT2D eigenvalue weighted by Crippen LogP contribution is -2.28. The van der Waals surface area contributed by atoms with Crippen molar-refractivity contribution in [3.05, 3.63) is 78.5 Å². The lowest BCUT2D eigenvalue weighted by molar-refractivity contribution is -0.119. The van der Waals surface area contributed by atoms with E-state index < -0.39 is 10.0 Å². The van der Waals surface area contributed by atoms with Crippen molar-refractivity contribution in [3.8, 4) is 11.1 Å². The lowest BCUT2D eigenvalue weighted by atomic mass is 10.0. The summed E-state index contributed by atoms with van der Waals surface area (Å²) in [4.78, 5) is 16.9. The fourth-order valence-electron chi connectivity index (χ4n) is 3.78. The zero-order valence-electron chi connectivity index (χ0n) is 18.5. The van der Waals surface area contributed by atoms with Crippen LogP contribution in [0, 0.1) is 0 Å². The number of carbonyl (C=O) groups excluding carboxylic acids is 1. The minimum atomic E-state index is -3.47. The average Bonchev–Trinajstić information content (AvgIpc) is 3.40. The van der Waals surface area contributed by atoms with Gasteiger partial charge in [-0.25, -0.2) is 13.4 Å². The van der Waals surface area contributed by atoms with Gasteiger partial charge in [-0.05, 0) is 48.6 Å². The number of hydrogen-bond donors (Lipinski definition) is 1. The van der Waals surface area contributed by atoms with Crippen molar-refractivity contribution in [3.63, 3.8) is 0 Å². The first-order valence-electron chi connectivity index (χ1n) is 11.0. The number of hydrogen-bond acceptors (Lipinski definition) is 5. The SMILES string of the molecule is C[C@H](NC(=O)CSc1ccc(S(=O)(=O)N2CCCC2)cn1)c1ccc(-c2ccccc2)cc1. The minimum absolute atomic E-state index is 0.102. The number of aromatic nitrogens is 1. The lowest BCUT2D eigenvalue weighted by Gasteiger charge is -2.16. The van der Waals surface area contributed by atoms with Crippen LogP contribution >= 0.6 is 11.8 Å². The third kappa shape index (κ3) is 5.82. The topological polar surface area (TPSA) is 79.4 Å². The Labute approximate surface area is 199 Å². The second-order valence-corrected chi connectivity index (χ2v) is 10.9. The highest BCUT2D eigenvalue weighted by molar-refractivity contribution is 7.99. The Morgan fingerprint density at radius 3 is 2.30 bits per heavy atom. The molecule has 172 valence electrons. The average molecular weight is 482 g/mol. The molecule has 1 aliphatic rings. The molecule has 0 bridgehead atoms. The van der Waals surface area contributed by atoms with E-state index in [9.17, 15) is 13.2 Å². The number of nitrogens with one attached hydrogen (secondary N) is 1. The van der Waals surface area contributed by atoms with E-state index >= 15 is 0 Å². The molecule has 0 unspecified atom stereocenters. The maximum Gasteiger partial charge on any atom is 0.244 e. The first kappa shape index (κ1) is 23.5. The van der Waals surface area contributed by atoms with E-state index in [-0.39, 0.29) is 22.6 Å². The number of rotatable bonds is 8. The second kappa shape index (κ2) is 10.5. The Hall–Kier alpha value is -2.68. The molecular weight excluding hydrogens is 454 g/mol. The van der Waals surface area contributed by atoms with Crippen molar-refractivity contribution in [1.82, 2.24) is 14.6 Å². The van der Waals surface area contributed by atoms with Crippen molar-refractivity contribution in [2.75, 3.05) is 18.8 Å². The van der Waals surface area contributed by atoms with Crippen LogP contribution in [0.15, 0.2) is 82.8 Å². The van der Waals surface area contributed by atoms with Gasteiger partial charge >= 0.3 is 0 Å². The van der Waals surface area contributed by atoms with Crippen molar-refractivity contribution in [1.29, 1.82) is 0 Å². The number of benzene rings is 2. The standard InChI is InChI=1S/C25H27N3O3S2/c1-19(20-9-11-22(12-10-20)21-7-3-2-4-8-21)27-24(29)18-32-25-14-13-23(17-26-25)33(30,31)28-15-5-6-16-28/h2-4,7-14,17,19H,5-6,15-16,18H2,1H3,(H,27,29)/t19-/m0/s1. The first-order valence-corrected chi connectivity index (χ1v) is 13.4. The monoisotopic (exact) mass is 481 g/mol. The fourth-order valence-corrected chi connectivity index (χ4v) is 5.90. The fraction of sp³-hybridized carbons (Fsp3) is 0.280. The maximum absolute atomic E-state index is 12.6. The van der Waals surface area contributed by atoms with E-state index in [0.717, 1.165) is 29.5 Å². The zero-order valence-corrected chi connectivity index (χ0v) is 20.1. The van der Waals surface area contributed by atoms with Crippen LogP contribution in [-0.4, -0.2) is 42.5 Å². The normalized spacial score (nSPS) is 15.3. The molecule has 4 rings (SSSR count). The summed E-state index contributed by atoms with van der Waals surface area (Å²) in [6.45, 7) is 3.08. The molecule has 1 aromatic heterocycles. The molecule has 8 heteroatoms. The molecule has 6 nitrogen and oxygen atoms in total. The highest BCUT2D eigenvalue weighted by Crippen LogP contribution is 2.24. The third-order valence-corrected chi connectivity index (χ3v) is 8.48. The highest BCUT2D eigenvalue weighted by Gasteiger charge is 2.27. The van der Waals surface area contributed by atoms with Gasteiger partial charge in [0.05, 0.1) is 16.8 Å². The smallest absolute Gasteiger partial charge is 0.244 e. The summed E-state index contributed by atoms with van der Waals surface area (Å²) >= 11 is 1.29. The largest absolute Gasteiger partial charge is 0.349 e. The van der Waals surface area contributed by atoms with Gasteiger partial charge in [0.15, 0.2) is 0 Å². The zero-order chi connectivity index (χ0) is 23.3. The van der Waals surface area contributed by atoms with E-state index in [0.29, 0.717) is 18.1 Å². The Bertz CT molecular complexity index is 1180. The summed E-state index contributed by atoms with van der Waals surface area (Å²) in [5, 5.41) is 3.62. The van der Waals surface area contributed by atoms with Crippen LogP contribution in [0.2, 0.25) is 0 Å². The van der Waals surface area contributed by atoms with Crippen LogP contribution < -0.4 is 5.32 Å². The number of nitrogens with zero attached hydrogens (tertiary/aromatic N) is 2. The summed E-state index contributed by atoms with van der Waals surface area (Å²) in [7, 11) is -3.47. The van der Waals surface area contributed by atoms with Crippen molar-refractivity contribution >= 4 is 27.7 Å². The van der Waals surface area contributed by atoms with Crippen LogP contribution in [-0.2, 0) is 14.8 Å². The molecule has 1 aliphatic heterocycles. The number of sulfonamides is 1. The first-order chi connectivity index (χ1) is 15.9. The van der Waals surface area contributed by atoms with Gasteiger partial charge in [-0.3, -0.25) is 4.79 Å². The van der Waals surface area contributed by atoms with Gasteiger partial charge in [0, 0.05) is 19.3 Å². The quantitative estimate of drug-likeness (QED) is 0.479. The molecule has 33 heavy (non-hydrogen) atoms. The van der Waals surface area contributed by atoms with E-state index in [1.165, 1.54) is 22.3 Å². The highest BCUT2D eigenvalue weighted by atomic mass is 32.2. The molecule has 2 aromatic carbocycles. The number of amides is 1. The molecule has 1 N–H and O–H groups in total. The Morgan fingerprint density at radius 1 is 1.00 bits per heavy atom. The van der Waals surface area contributed by atoms with Crippen molar-refractivity contribution < 1.29 is 13.2 Å². The molecule has 1 atom stereocenters. The van der Waals surface area contributed by atoms with Crippen LogP contribution in [0.5, 0.6) is 0 Å². The summed E-state index contributed by atoms with van der Waals surface area (Å²) < 4.78 is 26.7. The number of carbonyl (C=O) groups is 1. The maximum atomic E-state index is 12.6. The van der Waals surface area contributed by atoms with Crippen molar-refractivity contribution in [2.45, 2.75) is 35.7 Å². The summed E-state index contributed by atoms with van der Waals surface area (Å²) in [6.07, 6.45) is 3.17.